The fourth-order valence-electron chi connectivity index (χ4n) is 3.17. The highest BCUT2D eigenvalue weighted by Crippen LogP contribution is 2.46. The van der Waals surface area contributed by atoms with Gasteiger partial charge < -0.3 is 5.32 Å². The summed E-state index contributed by atoms with van der Waals surface area (Å²) in [6.07, 6.45) is 2.56. The number of carbonyl (C=O) groups excluding carboxylic acids is 1. The second kappa shape index (κ2) is 6.87. The highest BCUT2D eigenvalue weighted by molar-refractivity contribution is 7.98. The molecule has 126 valence electrons. The summed E-state index contributed by atoms with van der Waals surface area (Å²) in [7, 11) is 0. The average Bonchev–Trinajstić information content (AvgIpc) is 3.05. The van der Waals surface area contributed by atoms with E-state index in [9.17, 15) is 4.79 Å². The van der Waals surface area contributed by atoms with Gasteiger partial charge >= 0.3 is 0 Å². The molecule has 3 aromatic rings. The van der Waals surface area contributed by atoms with Crippen LogP contribution in [0.25, 0.3) is 11.1 Å². The van der Waals surface area contributed by atoms with Crippen LogP contribution >= 0.6 is 34.7 Å². The summed E-state index contributed by atoms with van der Waals surface area (Å²) in [4.78, 5) is 14.8. The first kappa shape index (κ1) is 16.7. The molecule has 0 unspecified atom stereocenters. The molecule has 1 aromatic heterocycles. The molecular weight excluding hydrogens is 370 g/mol. The zero-order chi connectivity index (χ0) is 17.4. The summed E-state index contributed by atoms with van der Waals surface area (Å²) in [5.41, 5.74) is 4.27. The van der Waals surface area contributed by atoms with Crippen molar-refractivity contribution in [3.8, 4) is 11.1 Å². The van der Waals surface area contributed by atoms with Gasteiger partial charge in [-0.05, 0) is 41.6 Å². The van der Waals surface area contributed by atoms with Gasteiger partial charge in [0, 0.05) is 38.1 Å². The van der Waals surface area contributed by atoms with Crippen LogP contribution in [0.3, 0.4) is 0 Å². The Labute approximate surface area is 160 Å². The molecule has 0 radical (unpaired) electrons. The van der Waals surface area contributed by atoms with Gasteiger partial charge in [-0.1, -0.05) is 35.9 Å². The Morgan fingerprint density at radius 3 is 2.52 bits per heavy atom. The molecule has 0 fully saturated rings. The van der Waals surface area contributed by atoms with Crippen LogP contribution in [0.1, 0.15) is 22.8 Å². The highest BCUT2D eigenvalue weighted by atomic mass is 35.5. The zero-order valence-electron chi connectivity index (χ0n) is 13.6. The van der Waals surface area contributed by atoms with E-state index in [1.165, 1.54) is 15.3 Å². The summed E-state index contributed by atoms with van der Waals surface area (Å²) in [6, 6.07) is 16.3. The van der Waals surface area contributed by atoms with E-state index in [0.29, 0.717) is 11.4 Å². The number of benzene rings is 2. The summed E-state index contributed by atoms with van der Waals surface area (Å²) in [5, 5.41) is 5.92. The molecule has 0 aliphatic carbocycles. The highest BCUT2D eigenvalue weighted by Gasteiger charge is 2.30. The lowest BCUT2D eigenvalue weighted by molar-refractivity contribution is -0.116. The van der Waals surface area contributed by atoms with Crippen LogP contribution in [0.2, 0.25) is 5.02 Å². The number of rotatable bonds is 3. The molecule has 5 heteroatoms. The Bertz CT molecular complexity index is 916. The van der Waals surface area contributed by atoms with E-state index in [1.54, 1.807) is 23.1 Å². The Hall–Kier alpha value is -1.75. The summed E-state index contributed by atoms with van der Waals surface area (Å²) in [6.45, 7) is 0. The Kier molecular flexibility index (Phi) is 4.59. The van der Waals surface area contributed by atoms with Gasteiger partial charge in [0.2, 0.25) is 5.91 Å². The van der Waals surface area contributed by atoms with Crippen molar-refractivity contribution in [2.24, 2.45) is 0 Å². The van der Waals surface area contributed by atoms with Gasteiger partial charge in [0.15, 0.2) is 0 Å². The first-order valence-electron chi connectivity index (χ1n) is 7.97. The first-order chi connectivity index (χ1) is 12.2. The van der Waals surface area contributed by atoms with Crippen LogP contribution in [0.4, 0.5) is 5.69 Å². The van der Waals surface area contributed by atoms with Crippen molar-refractivity contribution in [1.82, 2.24) is 0 Å². The molecular formula is C20H16ClNOS2. The largest absolute Gasteiger partial charge is 0.325 e. The van der Waals surface area contributed by atoms with Crippen molar-refractivity contribution in [3.63, 3.8) is 0 Å². The van der Waals surface area contributed by atoms with Crippen LogP contribution in [0.15, 0.2) is 58.8 Å². The molecule has 0 saturated carbocycles. The minimum Gasteiger partial charge on any atom is -0.325 e. The van der Waals surface area contributed by atoms with E-state index in [-0.39, 0.29) is 11.8 Å². The maximum atomic E-state index is 12.3. The van der Waals surface area contributed by atoms with Gasteiger partial charge in [-0.15, -0.1) is 23.1 Å². The summed E-state index contributed by atoms with van der Waals surface area (Å²) >= 11 is 9.44. The maximum absolute atomic E-state index is 12.3. The average molecular weight is 386 g/mol. The normalized spacial score (nSPS) is 16.4. The second-order valence-electron chi connectivity index (χ2n) is 5.97. The molecule has 0 saturated heterocycles. The molecule has 1 aliphatic rings. The van der Waals surface area contributed by atoms with Gasteiger partial charge in [-0.3, -0.25) is 4.79 Å². The minimum absolute atomic E-state index is 0.0695. The monoisotopic (exact) mass is 385 g/mol. The fourth-order valence-corrected chi connectivity index (χ4v) is 4.87. The van der Waals surface area contributed by atoms with Gasteiger partial charge in [0.25, 0.3) is 0 Å². The topological polar surface area (TPSA) is 29.1 Å². The summed E-state index contributed by atoms with van der Waals surface area (Å²) in [5.74, 6) is 0.186. The number of hydrogen-bond acceptors (Lipinski definition) is 3. The van der Waals surface area contributed by atoms with Crippen LogP contribution in [0.5, 0.6) is 0 Å². The number of amides is 1. The van der Waals surface area contributed by atoms with Crippen LogP contribution in [-0.2, 0) is 4.79 Å². The number of fused-ring (bicyclic) bond motifs is 1. The molecule has 1 amide bonds. The van der Waals surface area contributed by atoms with Gasteiger partial charge in [0.05, 0.1) is 5.69 Å². The van der Waals surface area contributed by atoms with E-state index in [2.05, 4.69) is 41.2 Å². The van der Waals surface area contributed by atoms with Crippen LogP contribution < -0.4 is 5.32 Å². The molecule has 2 nitrogen and oxygen atoms in total. The molecule has 2 aromatic carbocycles. The number of nitrogens with one attached hydrogen (secondary N) is 1. The first-order valence-corrected chi connectivity index (χ1v) is 10.4. The predicted octanol–water partition coefficient (Wildman–Crippen LogP) is 6.26. The number of halogens is 1. The van der Waals surface area contributed by atoms with Gasteiger partial charge in [0.1, 0.15) is 0 Å². The number of anilines is 1. The van der Waals surface area contributed by atoms with Crippen molar-refractivity contribution >= 4 is 46.3 Å². The Morgan fingerprint density at radius 2 is 1.84 bits per heavy atom. The minimum atomic E-state index is 0.0695. The van der Waals surface area contributed by atoms with E-state index in [4.69, 9.17) is 11.6 Å². The standard InChI is InChI=1S/C20H16ClNOS2/c1-24-15-8-4-12(5-9-15)16-10-18(23)22-19-17(11-25-20(16)19)13-2-6-14(21)7-3-13/h2-9,11,16H,10H2,1H3,(H,22,23)/t16-/m0/s1. The van der Waals surface area contributed by atoms with Gasteiger partial charge in [-0.25, -0.2) is 0 Å². The third kappa shape index (κ3) is 3.22. The van der Waals surface area contributed by atoms with Crippen molar-refractivity contribution in [2.75, 3.05) is 11.6 Å². The fraction of sp³-hybridized carbons (Fsp3) is 0.150. The van der Waals surface area contributed by atoms with Crippen LogP contribution in [0, 0.1) is 0 Å². The lowest BCUT2D eigenvalue weighted by Crippen LogP contribution is -2.22. The van der Waals surface area contributed by atoms with E-state index in [1.807, 2.05) is 24.3 Å². The molecule has 1 aliphatic heterocycles. The third-order valence-corrected chi connectivity index (χ3v) is 6.55. The van der Waals surface area contributed by atoms with Crippen molar-refractivity contribution < 1.29 is 4.79 Å². The Morgan fingerprint density at radius 1 is 1.12 bits per heavy atom. The van der Waals surface area contributed by atoms with Crippen molar-refractivity contribution in [2.45, 2.75) is 17.2 Å². The summed E-state index contributed by atoms with van der Waals surface area (Å²) < 4.78 is 0. The molecule has 1 N–H and O–H groups in total. The molecule has 1 atom stereocenters. The molecule has 4 rings (SSSR count). The van der Waals surface area contributed by atoms with Crippen molar-refractivity contribution in [3.05, 3.63) is 69.4 Å². The molecule has 0 spiro atoms. The van der Waals surface area contributed by atoms with Gasteiger partial charge in [-0.2, -0.15) is 0 Å². The number of carbonyl (C=O) groups is 1. The van der Waals surface area contributed by atoms with Crippen LogP contribution in [-0.4, -0.2) is 12.2 Å². The lowest BCUT2D eigenvalue weighted by atomic mass is 9.89. The molecule has 25 heavy (non-hydrogen) atoms. The molecule has 2 heterocycles. The van der Waals surface area contributed by atoms with Crippen molar-refractivity contribution in [1.29, 1.82) is 0 Å². The smallest absolute Gasteiger partial charge is 0.225 e. The number of thiophene rings is 1. The molecule has 0 bridgehead atoms. The number of thioether (sulfide) groups is 1. The second-order valence-corrected chi connectivity index (χ2v) is 8.20. The lowest BCUT2D eigenvalue weighted by Gasteiger charge is -2.24. The number of hydrogen-bond donors (Lipinski definition) is 1. The predicted molar refractivity (Wildman–Crippen MR) is 108 cm³/mol. The van der Waals surface area contributed by atoms with E-state index < -0.39 is 0 Å². The quantitative estimate of drug-likeness (QED) is 0.538. The zero-order valence-corrected chi connectivity index (χ0v) is 16.0. The maximum Gasteiger partial charge on any atom is 0.225 e. The third-order valence-electron chi connectivity index (χ3n) is 4.46. The SMILES string of the molecule is CSc1ccc([C@@H]2CC(=O)Nc3c(-c4ccc(Cl)cc4)csc32)cc1. The Balaban J connectivity index is 1.76. The van der Waals surface area contributed by atoms with E-state index in [0.717, 1.165) is 16.8 Å². The van der Waals surface area contributed by atoms with E-state index >= 15 is 0 Å².